The molecule has 0 saturated heterocycles. The summed E-state index contributed by atoms with van der Waals surface area (Å²) >= 11 is 0. The normalized spacial score (nSPS) is 10.7. The monoisotopic (exact) mass is 487 g/mol. The molecule has 0 bridgehead atoms. The summed E-state index contributed by atoms with van der Waals surface area (Å²) in [5.41, 5.74) is 2.23. The minimum absolute atomic E-state index is 0. The second kappa shape index (κ2) is 12.4. The van der Waals surface area contributed by atoms with Crippen molar-refractivity contribution in [3.63, 3.8) is 0 Å². The highest BCUT2D eigenvalue weighted by Gasteiger charge is 2.05. The molecule has 0 aliphatic rings. The maximum atomic E-state index is 12.9. The molecule has 148 valence electrons. The first kappa shape index (κ1) is 23.0. The summed E-state index contributed by atoms with van der Waals surface area (Å²) in [4.78, 5) is 4.22. The molecule has 0 unspecified atom stereocenters. The van der Waals surface area contributed by atoms with Crippen molar-refractivity contribution in [1.29, 1.82) is 0 Å². The van der Waals surface area contributed by atoms with Crippen LogP contribution in [0.3, 0.4) is 0 Å². The maximum absolute atomic E-state index is 12.9. The predicted octanol–water partition coefficient (Wildman–Crippen LogP) is 3.41. The van der Waals surface area contributed by atoms with Gasteiger partial charge in [0.1, 0.15) is 5.82 Å². The summed E-state index contributed by atoms with van der Waals surface area (Å²) < 4.78 is 23.5. The molecule has 27 heavy (non-hydrogen) atoms. The SMILES string of the molecule is CN=C(NCCc1ccc(F)cc1)NCCc1ccc(OC)c(OC)c1.I. The van der Waals surface area contributed by atoms with E-state index in [1.807, 2.05) is 18.2 Å². The average Bonchev–Trinajstić information content (AvgIpc) is 2.68. The highest BCUT2D eigenvalue weighted by molar-refractivity contribution is 14.0. The molecule has 0 saturated carbocycles. The third-order valence-corrected chi connectivity index (χ3v) is 4.00. The Bertz CT molecular complexity index is 724. The summed E-state index contributed by atoms with van der Waals surface area (Å²) in [6.07, 6.45) is 1.63. The zero-order valence-electron chi connectivity index (χ0n) is 15.9. The van der Waals surface area contributed by atoms with Crippen LogP contribution in [0.2, 0.25) is 0 Å². The van der Waals surface area contributed by atoms with Crippen LogP contribution in [-0.4, -0.2) is 40.3 Å². The molecule has 5 nitrogen and oxygen atoms in total. The van der Waals surface area contributed by atoms with E-state index in [-0.39, 0.29) is 29.8 Å². The lowest BCUT2D eigenvalue weighted by Gasteiger charge is -2.13. The first-order valence-electron chi connectivity index (χ1n) is 8.56. The van der Waals surface area contributed by atoms with Crippen LogP contribution in [0.4, 0.5) is 4.39 Å². The molecule has 0 fully saturated rings. The van der Waals surface area contributed by atoms with Crippen LogP contribution in [-0.2, 0) is 12.8 Å². The molecule has 0 radical (unpaired) electrons. The standard InChI is InChI=1S/C20H26FN3O2.HI/c1-22-20(23-12-10-15-4-7-17(21)8-5-15)24-13-11-16-6-9-18(25-2)19(14-16)26-3;/h4-9,14H,10-13H2,1-3H3,(H2,22,23,24);1H. The molecule has 2 aromatic carbocycles. The van der Waals surface area contributed by atoms with Crippen LogP contribution in [0, 0.1) is 5.82 Å². The Morgan fingerprint density at radius 2 is 1.44 bits per heavy atom. The molecule has 7 heteroatoms. The number of hydrogen-bond donors (Lipinski definition) is 2. The van der Waals surface area contributed by atoms with Gasteiger partial charge in [0.15, 0.2) is 17.5 Å². The van der Waals surface area contributed by atoms with Crippen LogP contribution in [0.5, 0.6) is 11.5 Å². The van der Waals surface area contributed by atoms with Crippen molar-refractivity contribution >= 4 is 29.9 Å². The van der Waals surface area contributed by atoms with Crippen LogP contribution in [0.15, 0.2) is 47.5 Å². The Balaban J connectivity index is 0.00000364. The number of hydrogen-bond acceptors (Lipinski definition) is 3. The highest BCUT2D eigenvalue weighted by atomic mass is 127. The van der Waals surface area contributed by atoms with Crippen LogP contribution >= 0.6 is 24.0 Å². The number of guanidine groups is 1. The van der Waals surface area contributed by atoms with Crippen LogP contribution < -0.4 is 20.1 Å². The van der Waals surface area contributed by atoms with E-state index in [1.165, 1.54) is 12.1 Å². The van der Waals surface area contributed by atoms with Gasteiger partial charge >= 0.3 is 0 Å². The van der Waals surface area contributed by atoms with Gasteiger partial charge in [0.05, 0.1) is 14.2 Å². The van der Waals surface area contributed by atoms with E-state index in [1.54, 1.807) is 33.4 Å². The molecule has 0 aliphatic carbocycles. The number of halogens is 2. The van der Waals surface area contributed by atoms with Crippen LogP contribution in [0.25, 0.3) is 0 Å². The molecule has 2 N–H and O–H groups in total. The van der Waals surface area contributed by atoms with Crippen molar-refractivity contribution in [2.75, 3.05) is 34.4 Å². The van der Waals surface area contributed by atoms with Crippen molar-refractivity contribution in [2.45, 2.75) is 12.8 Å². The molecule has 0 amide bonds. The summed E-state index contributed by atoms with van der Waals surface area (Å²) in [6.45, 7) is 1.47. The quantitative estimate of drug-likeness (QED) is 0.341. The summed E-state index contributed by atoms with van der Waals surface area (Å²) in [6, 6.07) is 12.5. The molecule has 0 spiro atoms. The fourth-order valence-electron chi connectivity index (χ4n) is 2.56. The van der Waals surface area contributed by atoms with Crippen molar-refractivity contribution in [1.82, 2.24) is 10.6 Å². The first-order valence-corrected chi connectivity index (χ1v) is 8.56. The maximum Gasteiger partial charge on any atom is 0.190 e. The second-order valence-corrected chi connectivity index (χ2v) is 5.74. The molecule has 2 rings (SSSR count). The lowest BCUT2D eigenvalue weighted by Crippen LogP contribution is -2.39. The number of nitrogens with one attached hydrogen (secondary N) is 2. The third-order valence-electron chi connectivity index (χ3n) is 4.00. The Hall–Kier alpha value is -2.03. The van der Waals surface area contributed by atoms with Gasteiger partial charge in [0.25, 0.3) is 0 Å². The van der Waals surface area contributed by atoms with E-state index in [0.717, 1.165) is 54.5 Å². The largest absolute Gasteiger partial charge is 0.493 e. The zero-order chi connectivity index (χ0) is 18.8. The zero-order valence-corrected chi connectivity index (χ0v) is 18.3. The Kier molecular flexibility index (Phi) is 10.5. The second-order valence-electron chi connectivity index (χ2n) is 5.74. The van der Waals surface area contributed by atoms with Gasteiger partial charge in [-0.25, -0.2) is 4.39 Å². The summed E-state index contributed by atoms with van der Waals surface area (Å²) in [5, 5.41) is 6.55. The molecule has 2 aromatic rings. The molecule has 0 aliphatic heterocycles. The van der Waals surface area contributed by atoms with E-state index >= 15 is 0 Å². The Morgan fingerprint density at radius 1 is 0.889 bits per heavy atom. The van der Waals surface area contributed by atoms with E-state index in [2.05, 4.69) is 15.6 Å². The Morgan fingerprint density at radius 3 is 2.00 bits per heavy atom. The fourth-order valence-corrected chi connectivity index (χ4v) is 2.56. The molecule has 0 heterocycles. The number of nitrogens with zero attached hydrogens (tertiary/aromatic N) is 1. The number of methoxy groups -OCH3 is 2. The van der Waals surface area contributed by atoms with Gasteiger partial charge in [0, 0.05) is 20.1 Å². The summed E-state index contributed by atoms with van der Waals surface area (Å²) in [7, 11) is 5.00. The number of ether oxygens (including phenoxy) is 2. The Labute approximate surface area is 177 Å². The predicted molar refractivity (Wildman–Crippen MR) is 118 cm³/mol. The lowest BCUT2D eigenvalue weighted by molar-refractivity contribution is 0.354. The van der Waals surface area contributed by atoms with Crippen molar-refractivity contribution in [3.05, 3.63) is 59.4 Å². The average molecular weight is 487 g/mol. The van der Waals surface area contributed by atoms with Gasteiger partial charge in [-0.05, 0) is 48.2 Å². The first-order chi connectivity index (χ1) is 12.7. The molecular formula is C20H27FIN3O2. The van der Waals surface area contributed by atoms with Gasteiger partial charge in [-0.2, -0.15) is 0 Å². The van der Waals surface area contributed by atoms with E-state index in [0.29, 0.717) is 0 Å². The molecule has 0 aromatic heterocycles. The van der Waals surface area contributed by atoms with Crippen molar-refractivity contribution in [3.8, 4) is 11.5 Å². The molecular weight excluding hydrogens is 460 g/mol. The van der Waals surface area contributed by atoms with Gasteiger partial charge in [0.2, 0.25) is 0 Å². The third kappa shape index (κ3) is 7.62. The smallest absolute Gasteiger partial charge is 0.190 e. The number of rotatable bonds is 8. The topological polar surface area (TPSA) is 54.9 Å². The minimum Gasteiger partial charge on any atom is -0.493 e. The lowest BCUT2D eigenvalue weighted by atomic mass is 10.1. The highest BCUT2D eigenvalue weighted by Crippen LogP contribution is 2.27. The van der Waals surface area contributed by atoms with Crippen molar-refractivity contribution in [2.24, 2.45) is 4.99 Å². The van der Waals surface area contributed by atoms with Gasteiger partial charge < -0.3 is 20.1 Å². The number of aliphatic imine (C=N–C) groups is 1. The number of benzene rings is 2. The van der Waals surface area contributed by atoms with E-state index in [9.17, 15) is 4.39 Å². The van der Waals surface area contributed by atoms with Gasteiger partial charge in [-0.15, -0.1) is 24.0 Å². The van der Waals surface area contributed by atoms with E-state index in [4.69, 9.17) is 9.47 Å². The molecule has 0 atom stereocenters. The fraction of sp³-hybridized carbons (Fsp3) is 0.350. The van der Waals surface area contributed by atoms with Gasteiger partial charge in [-0.1, -0.05) is 18.2 Å². The summed E-state index contributed by atoms with van der Waals surface area (Å²) in [5.74, 6) is 1.98. The van der Waals surface area contributed by atoms with Crippen LogP contribution in [0.1, 0.15) is 11.1 Å². The minimum atomic E-state index is -0.214. The van der Waals surface area contributed by atoms with Crippen molar-refractivity contribution < 1.29 is 13.9 Å². The van der Waals surface area contributed by atoms with E-state index < -0.39 is 0 Å². The van der Waals surface area contributed by atoms with Gasteiger partial charge in [-0.3, -0.25) is 4.99 Å².